The Kier molecular flexibility index (Phi) is 5.24. The Bertz CT molecular complexity index is 547. The number of hydrogen-bond acceptors (Lipinski definition) is 3. The molecule has 0 bridgehead atoms. The highest BCUT2D eigenvalue weighted by Gasteiger charge is 2.44. The van der Waals surface area contributed by atoms with Crippen molar-refractivity contribution >= 4 is 29.1 Å². The minimum absolute atomic E-state index is 0.0284. The van der Waals surface area contributed by atoms with E-state index < -0.39 is 0 Å². The van der Waals surface area contributed by atoms with Crippen molar-refractivity contribution < 1.29 is 9.53 Å². The Morgan fingerprint density at radius 3 is 2.86 bits per heavy atom. The first-order valence-corrected chi connectivity index (χ1v) is 8.44. The summed E-state index contributed by atoms with van der Waals surface area (Å²) in [6.45, 7) is 5.02. The molecule has 22 heavy (non-hydrogen) atoms. The van der Waals surface area contributed by atoms with E-state index in [9.17, 15) is 4.79 Å². The average molecular weight is 343 g/mol. The number of rotatable bonds is 5. The fourth-order valence-electron chi connectivity index (χ4n) is 2.93. The molecular weight excluding hydrogens is 323 g/mol. The number of nitrogens with zero attached hydrogens (tertiary/aromatic N) is 1. The number of morpholine rings is 1. The molecule has 0 spiro atoms. The molecule has 1 aromatic rings. The summed E-state index contributed by atoms with van der Waals surface area (Å²) in [6.07, 6.45) is 0.851. The Morgan fingerprint density at radius 1 is 1.32 bits per heavy atom. The van der Waals surface area contributed by atoms with Crippen molar-refractivity contribution in [3.63, 3.8) is 0 Å². The minimum atomic E-state index is 0.0284. The van der Waals surface area contributed by atoms with Crippen LogP contribution in [0.1, 0.15) is 17.9 Å². The fourth-order valence-corrected chi connectivity index (χ4v) is 3.38. The van der Waals surface area contributed by atoms with Crippen molar-refractivity contribution in [2.24, 2.45) is 5.92 Å². The molecule has 0 aromatic heterocycles. The molecular formula is C16H20Cl2N2O2. The van der Waals surface area contributed by atoms with E-state index in [1.807, 2.05) is 12.1 Å². The molecule has 1 N–H and O–H groups in total. The number of halogens is 2. The van der Waals surface area contributed by atoms with Gasteiger partial charge >= 0.3 is 0 Å². The van der Waals surface area contributed by atoms with E-state index >= 15 is 0 Å². The van der Waals surface area contributed by atoms with Gasteiger partial charge in [-0.15, -0.1) is 0 Å². The Hall–Kier alpha value is -0.810. The molecule has 4 nitrogen and oxygen atoms in total. The van der Waals surface area contributed by atoms with E-state index in [0.717, 1.165) is 44.8 Å². The van der Waals surface area contributed by atoms with Crippen molar-refractivity contribution in [3.05, 3.63) is 33.8 Å². The topological polar surface area (TPSA) is 41.6 Å². The van der Waals surface area contributed by atoms with Gasteiger partial charge in [0.05, 0.1) is 23.3 Å². The van der Waals surface area contributed by atoms with E-state index in [-0.39, 0.29) is 17.7 Å². The zero-order chi connectivity index (χ0) is 15.5. The highest BCUT2D eigenvalue weighted by Crippen LogP contribution is 2.50. The van der Waals surface area contributed by atoms with Gasteiger partial charge in [-0.25, -0.2) is 0 Å². The molecule has 1 heterocycles. The van der Waals surface area contributed by atoms with Crippen LogP contribution < -0.4 is 5.32 Å². The SMILES string of the molecule is O=C(NCCN1CCOCC1)[C@H]1C[C@@H]1c1cccc(Cl)c1Cl. The third-order valence-corrected chi connectivity index (χ3v) is 5.17. The lowest BCUT2D eigenvalue weighted by atomic mass is 10.1. The fraction of sp³-hybridized carbons (Fsp3) is 0.562. The monoisotopic (exact) mass is 342 g/mol. The zero-order valence-electron chi connectivity index (χ0n) is 12.4. The molecule has 0 radical (unpaired) electrons. The van der Waals surface area contributed by atoms with Gasteiger partial charge in [-0.05, 0) is 24.0 Å². The van der Waals surface area contributed by atoms with Crippen molar-refractivity contribution in [1.82, 2.24) is 10.2 Å². The summed E-state index contributed by atoms with van der Waals surface area (Å²) in [5, 5.41) is 4.16. The van der Waals surface area contributed by atoms with Gasteiger partial charge in [0.15, 0.2) is 0 Å². The Morgan fingerprint density at radius 2 is 2.09 bits per heavy atom. The van der Waals surface area contributed by atoms with Crippen LogP contribution >= 0.6 is 23.2 Å². The number of ether oxygens (including phenoxy) is 1. The van der Waals surface area contributed by atoms with Gasteiger partial charge in [0, 0.05) is 32.1 Å². The van der Waals surface area contributed by atoms with E-state index in [1.165, 1.54) is 0 Å². The number of hydrogen-bond donors (Lipinski definition) is 1. The lowest BCUT2D eigenvalue weighted by molar-refractivity contribution is -0.122. The van der Waals surface area contributed by atoms with Crippen molar-refractivity contribution in [2.45, 2.75) is 12.3 Å². The summed E-state index contributed by atoms with van der Waals surface area (Å²) in [5.41, 5.74) is 0.988. The normalized spacial score (nSPS) is 25.0. The Balaban J connectivity index is 1.45. The number of carbonyl (C=O) groups is 1. The largest absolute Gasteiger partial charge is 0.379 e. The molecule has 1 amide bonds. The average Bonchev–Trinajstić information content (AvgIpc) is 3.31. The first kappa shape index (κ1) is 16.1. The molecule has 6 heteroatoms. The molecule has 1 aliphatic heterocycles. The maximum Gasteiger partial charge on any atom is 0.223 e. The van der Waals surface area contributed by atoms with Crippen molar-refractivity contribution in [3.8, 4) is 0 Å². The number of amides is 1. The van der Waals surface area contributed by atoms with Gasteiger partial charge in [-0.3, -0.25) is 9.69 Å². The molecule has 1 aliphatic carbocycles. The van der Waals surface area contributed by atoms with Crippen LogP contribution in [-0.4, -0.2) is 50.2 Å². The first-order chi connectivity index (χ1) is 10.7. The molecule has 1 saturated heterocycles. The quantitative estimate of drug-likeness (QED) is 0.893. The van der Waals surface area contributed by atoms with Gasteiger partial charge in [-0.2, -0.15) is 0 Å². The van der Waals surface area contributed by atoms with Crippen LogP contribution in [0.15, 0.2) is 18.2 Å². The van der Waals surface area contributed by atoms with Crippen LogP contribution in [0.3, 0.4) is 0 Å². The van der Waals surface area contributed by atoms with Crippen LogP contribution in [0.5, 0.6) is 0 Å². The first-order valence-electron chi connectivity index (χ1n) is 7.68. The smallest absolute Gasteiger partial charge is 0.223 e. The van der Waals surface area contributed by atoms with Gasteiger partial charge < -0.3 is 10.1 Å². The van der Waals surface area contributed by atoms with Crippen molar-refractivity contribution in [2.75, 3.05) is 39.4 Å². The van der Waals surface area contributed by atoms with Gasteiger partial charge in [-0.1, -0.05) is 35.3 Å². The van der Waals surface area contributed by atoms with E-state index in [1.54, 1.807) is 6.07 Å². The predicted octanol–water partition coefficient (Wildman–Crippen LogP) is 2.55. The minimum Gasteiger partial charge on any atom is -0.379 e. The van der Waals surface area contributed by atoms with E-state index in [0.29, 0.717) is 16.6 Å². The standard InChI is InChI=1S/C16H20Cl2N2O2/c17-14-3-1-2-11(15(14)18)12-10-13(12)16(21)19-4-5-20-6-8-22-9-7-20/h1-3,12-13H,4-10H2,(H,19,21)/t12-,13+/m1/s1. The third kappa shape index (κ3) is 3.74. The second kappa shape index (κ2) is 7.18. The molecule has 3 rings (SSSR count). The maximum atomic E-state index is 12.2. The lowest BCUT2D eigenvalue weighted by Gasteiger charge is -2.26. The molecule has 2 atom stereocenters. The van der Waals surface area contributed by atoms with Crippen LogP contribution in [0, 0.1) is 5.92 Å². The number of nitrogens with one attached hydrogen (secondary N) is 1. The van der Waals surface area contributed by atoms with Gasteiger partial charge in [0.2, 0.25) is 5.91 Å². The summed E-state index contributed by atoms with van der Waals surface area (Å²) >= 11 is 12.3. The van der Waals surface area contributed by atoms with E-state index in [2.05, 4.69) is 10.2 Å². The third-order valence-electron chi connectivity index (χ3n) is 4.34. The molecule has 1 saturated carbocycles. The van der Waals surface area contributed by atoms with Gasteiger partial charge in [0.25, 0.3) is 0 Å². The summed E-state index contributed by atoms with van der Waals surface area (Å²) in [7, 11) is 0. The molecule has 0 unspecified atom stereocenters. The zero-order valence-corrected chi connectivity index (χ0v) is 13.9. The van der Waals surface area contributed by atoms with Crippen LogP contribution in [0.4, 0.5) is 0 Å². The molecule has 1 aromatic carbocycles. The molecule has 2 fully saturated rings. The summed E-state index contributed by atoms with van der Waals surface area (Å²) in [5.74, 6) is 0.351. The second-order valence-corrected chi connectivity index (χ2v) is 6.62. The predicted molar refractivity (Wildman–Crippen MR) is 87.6 cm³/mol. The molecule has 120 valence electrons. The summed E-state index contributed by atoms with van der Waals surface area (Å²) in [4.78, 5) is 14.5. The van der Waals surface area contributed by atoms with Crippen LogP contribution in [0.2, 0.25) is 10.0 Å². The Labute approximate surface area is 140 Å². The highest BCUT2D eigenvalue weighted by atomic mass is 35.5. The van der Waals surface area contributed by atoms with Crippen molar-refractivity contribution in [1.29, 1.82) is 0 Å². The number of benzene rings is 1. The number of carbonyl (C=O) groups excluding carboxylic acids is 1. The second-order valence-electron chi connectivity index (χ2n) is 5.84. The van der Waals surface area contributed by atoms with Gasteiger partial charge in [0.1, 0.15) is 0 Å². The van der Waals surface area contributed by atoms with Crippen LogP contribution in [-0.2, 0) is 9.53 Å². The lowest BCUT2D eigenvalue weighted by Crippen LogP contribution is -2.41. The maximum absolute atomic E-state index is 12.2. The summed E-state index contributed by atoms with van der Waals surface area (Å²) in [6, 6.07) is 5.61. The summed E-state index contributed by atoms with van der Waals surface area (Å²) < 4.78 is 5.31. The highest BCUT2D eigenvalue weighted by molar-refractivity contribution is 6.42. The van der Waals surface area contributed by atoms with Crippen LogP contribution in [0.25, 0.3) is 0 Å². The molecule has 2 aliphatic rings. The van der Waals surface area contributed by atoms with E-state index in [4.69, 9.17) is 27.9 Å².